The van der Waals surface area contributed by atoms with Gasteiger partial charge in [0.1, 0.15) is 5.75 Å². The number of anilines is 2. The maximum absolute atomic E-state index is 12.0. The van der Waals surface area contributed by atoms with E-state index in [4.69, 9.17) is 16.3 Å². The first-order valence-electron chi connectivity index (χ1n) is 7.39. The van der Waals surface area contributed by atoms with Crippen molar-refractivity contribution in [3.63, 3.8) is 0 Å². The number of amides is 1. The Morgan fingerprint density at radius 3 is 2.78 bits per heavy atom. The number of carbonyl (C=O) groups excluding carboxylic acids is 1. The number of nitrogens with zero attached hydrogens (tertiary/aromatic N) is 1. The summed E-state index contributed by atoms with van der Waals surface area (Å²) in [5.41, 5.74) is 2.91. The zero-order valence-electron chi connectivity index (χ0n) is 13.4. The highest BCUT2D eigenvalue weighted by molar-refractivity contribution is 6.31. The number of aryl methyl sites for hydroxylation is 1. The van der Waals surface area contributed by atoms with Gasteiger partial charge in [-0.25, -0.2) is 0 Å². The van der Waals surface area contributed by atoms with E-state index < -0.39 is 0 Å². The van der Waals surface area contributed by atoms with Gasteiger partial charge in [0, 0.05) is 23.8 Å². The topological polar surface area (TPSA) is 63.2 Å². The molecule has 0 fully saturated rings. The van der Waals surface area contributed by atoms with E-state index in [2.05, 4.69) is 15.6 Å². The normalized spacial score (nSPS) is 10.3. The highest BCUT2D eigenvalue weighted by Crippen LogP contribution is 2.33. The van der Waals surface area contributed by atoms with Crippen LogP contribution in [0.4, 0.5) is 11.4 Å². The van der Waals surface area contributed by atoms with Crippen LogP contribution in [0.1, 0.15) is 29.3 Å². The van der Waals surface area contributed by atoms with E-state index in [0.717, 1.165) is 17.7 Å². The lowest BCUT2D eigenvalue weighted by Crippen LogP contribution is -2.24. The van der Waals surface area contributed by atoms with E-state index in [1.54, 1.807) is 31.6 Å². The molecule has 23 heavy (non-hydrogen) atoms. The molecular formula is C17H20ClN3O2. The standard InChI is InChI=1S/C17H20ClN3O2/c1-4-5-20-17(22)12-7-13(10-19-9-12)21-15-6-11(2)14(18)8-16(15)23-3/h6-10,21H,4-5H2,1-3H3,(H,20,22). The van der Waals surface area contributed by atoms with Gasteiger partial charge in [-0.3, -0.25) is 9.78 Å². The second kappa shape index (κ2) is 7.83. The van der Waals surface area contributed by atoms with Crippen molar-refractivity contribution in [1.82, 2.24) is 10.3 Å². The number of rotatable bonds is 6. The highest BCUT2D eigenvalue weighted by Gasteiger charge is 2.10. The average Bonchev–Trinajstić information content (AvgIpc) is 2.56. The van der Waals surface area contributed by atoms with Crippen molar-refractivity contribution in [2.45, 2.75) is 20.3 Å². The zero-order valence-corrected chi connectivity index (χ0v) is 14.2. The number of pyridine rings is 1. The Bertz CT molecular complexity index is 704. The number of benzene rings is 1. The molecule has 0 saturated carbocycles. The number of aromatic nitrogens is 1. The summed E-state index contributed by atoms with van der Waals surface area (Å²) in [6.45, 7) is 4.56. The van der Waals surface area contributed by atoms with Crippen LogP contribution < -0.4 is 15.4 Å². The van der Waals surface area contributed by atoms with Crippen molar-refractivity contribution in [2.75, 3.05) is 19.0 Å². The second-order valence-electron chi connectivity index (χ2n) is 5.14. The first-order chi connectivity index (χ1) is 11.0. The highest BCUT2D eigenvalue weighted by atomic mass is 35.5. The summed E-state index contributed by atoms with van der Waals surface area (Å²) < 4.78 is 5.34. The minimum absolute atomic E-state index is 0.137. The predicted octanol–water partition coefficient (Wildman–Crippen LogP) is 3.94. The fraction of sp³-hybridized carbons (Fsp3) is 0.294. The van der Waals surface area contributed by atoms with Gasteiger partial charge in [-0.1, -0.05) is 18.5 Å². The molecule has 5 nitrogen and oxygen atoms in total. The fourth-order valence-corrected chi connectivity index (χ4v) is 2.21. The van der Waals surface area contributed by atoms with Crippen LogP contribution in [0.2, 0.25) is 5.02 Å². The molecule has 0 aliphatic rings. The Labute approximate surface area is 141 Å². The van der Waals surface area contributed by atoms with Crippen molar-refractivity contribution in [3.05, 3.63) is 46.7 Å². The summed E-state index contributed by atoms with van der Waals surface area (Å²) in [7, 11) is 1.58. The van der Waals surface area contributed by atoms with E-state index >= 15 is 0 Å². The van der Waals surface area contributed by atoms with Crippen LogP contribution in [0.5, 0.6) is 5.75 Å². The van der Waals surface area contributed by atoms with Crippen molar-refractivity contribution < 1.29 is 9.53 Å². The minimum atomic E-state index is -0.137. The van der Waals surface area contributed by atoms with Crippen LogP contribution >= 0.6 is 11.6 Å². The largest absolute Gasteiger partial charge is 0.495 e. The lowest BCUT2D eigenvalue weighted by atomic mass is 10.2. The molecule has 0 radical (unpaired) electrons. The van der Waals surface area contributed by atoms with Crippen LogP contribution in [-0.4, -0.2) is 24.5 Å². The Kier molecular flexibility index (Phi) is 5.82. The number of ether oxygens (including phenoxy) is 1. The average molecular weight is 334 g/mol. The van der Waals surface area contributed by atoms with Gasteiger partial charge in [0.25, 0.3) is 5.91 Å². The number of methoxy groups -OCH3 is 1. The molecule has 2 N–H and O–H groups in total. The second-order valence-corrected chi connectivity index (χ2v) is 5.55. The summed E-state index contributed by atoms with van der Waals surface area (Å²) in [6, 6.07) is 5.40. The van der Waals surface area contributed by atoms with E-state index in [1.807, 2.05) is 19.9 Å². The number of carbonyl (C=O) groups is 1. The van der Waals surface area contributed by atoms with Crippen molar-refractivity contribution in [3.8, 4) is 5.75 Å². The Morgan fingerprint density at radius 1 is 1.30 bits per heavy atom. The van der Waals surface area contributed by atoms with Crippen molar-refractivity contribution in [1.29, 1.82) is 0 Å². The molecule has 0 bridgehead atoms. The third-order valence-electron chi connectivity index (χ3n) is 3.30. The lowest BCUT2D eigenvalue weighted by molar-refractivity contribution is 0.0953. The maximum Gasteiger partial charge on any atom is 0.252 e. The number of nitrogens with one attached hydrogen (secondary N) is 2. The zero-order chi connectivity index (χ0) is 16.8. The Hall–Kier alpha value is -2.27. The monoisotopic (exact) mass is 333 g/mol. The van der Waals surface area contributed by atoms with Gasteiger partial charge in [-0.2, -0.15) is 0 Å². The summed E-state index contributed by atoms with van der Waals surface area (Å²) in [4.78, 5) is 16.1. The van der Waals surface area contributed by atoms with Crippen LogP contribution in [0.3, 0.4) is 0 Å². The Balaban J connectivity index is 2.24. The molecule has 0 saturated heterocycles. The van der Waals surface area contributed by atoms with E-state index in [-0.39, 0.29) is 5.91 Å². The van der Waals surface area contributed by atoms with Crippen LogP contribution in [-0.2, 0) is 0 Å². The molecule has 0 spiro atoms. The molecule has 6 heteroatoms. The van der Waals surface area contributed by atoms with Gasteiger partial charge in [0.15, 0.2) is 0 Å². The van der Waals surface area contributed by atoms with Crippen LogP contribution in [0.15, 0.2) is 30.6 Å². The predicted molar refractivity (Wildman–Crippen MR) is 92.9 cm³/mol. The molecule has 0 atom stereocenters. The van der Waals surface area contributed by atoms with Crippen LogP contribution in [0.25, 0.3) is 0 Å². The molecule has 2 rings (SSSR count). The molecule has 1 amide bonds. The molecule has 1 aromatic carbocycles. The van der Waals surface area contributed by atoms with Gasteiger partial charge in [0.2, 0.25) is 0 Å². The van der Waals surface area contributed by atoms with E-state index in [0.29, 0.717) is 28.6 Å². The van der Waals surface area contributed by atoms with E-state index in [1.165, 1.54) is 0 Å². The lowest BCUT2D eigenvalue weighted by Gasteiger charge is -2.13. The number of hydrogen-bond acceptors (Lipinski definition) is 4. The molecule has 0 unspecified atom stereocenters. The summed E-state index contributed by atoms with van der Waals surface area (Å²) >= 11 is 6.11. The molecule has 0 aliphatic heterocycles. The molecular weight excluding hydrogens is 314 g/mol. The summed E-state index contributed by atoms with van der Waals surface area (Å²) in [5.74, 6) is 0.490. The molecule has 0 aliphatic carbocycles. The summed E-state index contributed by atoms with van der Waals surface area (Å²) in [5, 5.41) is 6.68. The first-order valence-corrected chi connectivity index (χ1v) is 7.77. The Morgan fingerprint density at radius 2 is 2.09 bits per heavy atom. The first kappa shape index (κ1) is 17.1. The van der Waals surface area contributed by atoms with Gasteiger partial charge < -0.3 is 15.4 Å². The minimum Gasteiger partial charge on any atom is -0.495 e. The van der Waals surface area contributed by atoms with Crippen LogP contribution in [0, 0.1) is 6.92 Å². The third-order valence-corrected chi connectivity index (χ3v) is 3.70. The quantitative estimate of drug-likeness (QED) is 0.840. The van der Waals surface area contributed by atoms with E-state index in [9.17, 15) is 4.79 Å². The third kappa shape index (κ3) is 4.36. The molecule has 1 heterocycles. The molecule has 1 aromatic heterocycles. The van der Waals surface area contributed by atoms with Gasteiger partial charge in [0.05, 0.1) is 30.2 Å². The smallest absolute Gasteiger partial charge is 0.252 e. The SMILES string of the molecule is CCCNC(=O)c1cncc(Nc2cc(C)c(Cl)cc2OC)c1. The van der Waals surface area contributed by atoms with Gasteiger partial charge >= 0.3 is 0 Å². The maximum atomic E-state index is 12.0. The van der Waals surface area contributed by atoms with Crippen molar-refractivity contribution in [2.24, 2.45) is 0 Å². The van der Waals surface area contributed by atoms with Crippen molar-refractivity contribution >= 4 is 28.9 Å². The number of hydrogen-bond donors (Lipinski definition) is 2. The van der Waals surface area contributed by atoms with Gasteiger partial charge in [-0.05, 0) is 31.0 Å². The summed E-state index contributed by atoms with van der Waals surface area (Å²) in [6.07, 6.45) is 4.08. The molecule has 2 aromatic rings. The van der Waals surface area contributed by atoms with Gasteiger partial charge in [-0.15, -0.1) is 0 Å². The number of halogens is 1. The molecule has 122 valence electrons. The fourth-order valence-electron chi connectivity index (χ4n) is 2.06.